The van der Waals surface area contributed by atoms with E-state index >= 15 is 0 Å². The number of ether oxygens (including phenoxy) is 1. The SMILES string of the molecule is CCCCCCC/C=C\CCCCCCCC(=O)OCCCCCCCCCCCCCC/C=C\CCCCCCCCCCCCC(=O)NC(CO)C(O)CCCCCCCCCCCCCCCCCCC. The second-order valence-electron chi connectivity index (χ2n) is 23.1. The summed E-state index contributed by atoms with van der Waals surface area (Å²) in [6.45, 7) is 4.97. The molecule has 1 amide bonds. The molecule has 0 aromatic rings. The van der Waals surface area contributed by atoms with E-state index in [2.05, 4.69) is 43.5 Å². The van der Waals surface area contributed by atoms with Crippen LogP contribution in [0.5, 0.6) is 0 Å². The molecule has 0 aromatic heterocycles. The van der Waals surface area contributed by atoms with Gasteiger partial charge >= 0.3 is 5.97 Å². The van der Waals surface area contributed by atoms with Crippen LogP contribution in [0, 0.1) is 0 Å². The highest BCUT2D eigenvalue weighted by molar-refractivity contribution is 5.76. The van der Waals surface area contributed by atoms with Crippen LogP contribution in [0.2, 0.25) is 0 Å². The van der Waals surface area contributed by atoms with E-state index in [0.29, 0.717) is 25.9 Å². The average Bonchev–Trinajstić information content (AvgIpc) is 3.40. The lowest BCUT2D eigenvalue weighted by Gasteiger charge is -2.22. The average molecular weight is 1040 g/mol. The zero-order chi connectivity index (χ0) is 53.6. The molecule has 0 saturated carbocycles. The van der Waals surface area contributed by atoms with Crippen LogP contribution in [-0.4, -0.2) is 47.4 Å². The molecule has 0 saturated heterocycles. The first-order valence-corrected chi connectivity index (χ1v) is 33.6. The third kappa shape index (κ3) is 59.6. The largest absolute Gasteiger partial charge is 0.466 e. The Morgan fingerprint density at radius 3 is 0.959 bits per heavy atom. The van der Waals surface area contributed by atoms with Gasteiger partial charge in [0.15, 0.2) is 0 Å². The van der Waals surface area contributed by atoms with Crippen molar-refractivity contribution in [3.8, 4) is 0 Å². The summed E-state index contributed by atoms with van der Waals surface area (Å²) in [4.78, 5) is 24.6. The summed E-state index contributed by atoms with van der Waals surface area (Å²) in [5.41, 5.74) is 0. The maximum Gasteiger partial charge on any atom is 0.305 e. The number of allylic oxidation sites excluding steroid dienone is 4. The van der Waals surface area contributed by atoms with Gasteiger partial charge in [0, 0.05) is 12.8 Å². The van der Waals surface area contributed by atoms with Crippen molar-refractivity contribution in [3.05, 3.63) is 24.3 Å². The number of nitrogens with one attached hydrogen (secondary N) is 1. The molecule has 3 N–H and O–H groups in total. The van der Waals surface area contributed by atoms with Crippen LogP contribution < -0.4 is 5.32 Å². The van der Waals surface area contributed by atoms with Gasteiger partial charge < -0.3 is 20.3 Å². The summed E-state index contributed by atoms with van der Waals surface area (Å²) in [6, 6.07) is -0.543. The van der Waals surface area contributed by atoms with Gasteiger partial charge in [0.2, 0.25) is 5.91 Å². The number of rotatable bonds is 63. The molecule has 0 fully saturated rings. The molecule has 0 aliphatic heterocycles. The number of esters is 1. The van der Waals surface area contributed by atoms with Crippen LogP contribution >= 0.6 is 0 Å². The van der Waals surface area contributed by atoms with Crippen LogP contribution in [0.1, 0.15) is 373 Å². The van der Waals surface area contributed by atoms with Crippen LogP contribution in [0.4, 0.5) is 0 Å². The number of aliphatic hydroxyl groups is 2. The van der Waals surface area contributed by atoms with E-state index in [1.807, 2.05) is 0 Å². The van der Waals surface area contributed by atoms with E-state index in [4.69, 9.17) is 4.74 Å². The summed E-state index contributed by atoms with van der Waals surface area (Å²) in [5.74, 6) is -0.0275. The zero-order valence-electron chi connectivity index (χ0n) is 50.1. The minimum absolute atomic E-state index is 0.00633. The molecule has 0 spiro atoms. The van der Waals surface area contributed by atoms with Gasteiger partial charge in [-0.15, -0.1) is 0 Å². The molecular formula is C68H131NO5. The Bertz CT molecular complexity index is 1150. The minimum atomic E-state index is -0.665. The molecule has 0 aliphatic carbocycles. The molecule has 74 heavy (non-hydrogen) atoms. The standard InChI is InChI=1S/C68H131NO5/c1-3-5-7-9-11-13-15-17-19-30-33-36-40-44-48-52-56-60-66(71)65(64-70)69-67(72)61-57-53-49-45-41-37-34-31-28-26-24-22-20-21-23-25-27-29-32-35-39-43-47-51-55-59-63-74-68(73)62-58-54-50-46-42-38-18-16-14-12-10-8-6-4-2/h16,18,20,22,65-66,70-71H,3-15,17,19,21,23-64H2,1-2H3,(H,69,72)/b18-16-,22-20-. The second-order valence-corrected chi connectivity index (χ2v) is 23.1. The second kappa shape index (κ2) is 63.9. The Morgan fingerprint density at radius 1 is 0.365 bits per heavy atom. The lowest BCUT2D eigenvalue weighted by atomic mass is 10.0. The zero-order valence-corrected chi connectivity index (χ0v) is 50.1. The van der Waals surface area contributed by atoms with Crippen LogP contribution in [0.3, 0.4) is 0 Å². The number of unbranched alkanes of at least 4 members (excludes halogenated alkanes) is 48. The van der Waals surface area contributed by atoms with Crippen LogP contribution in [-0.2, 0) is 14.3 Å². The first-order chi connectivity index (χ1) is 36.5. The Balaban J connectivity index is 3.39. The summed E-state index contributed by atoms with van der Waals surface area (Å²) < 4.78 is 5.48. The first kappa shape index (κ1) is 72.3. The third-order valence-electron chi connectivity index (χ3n) is 15.7. The van der Waals surface area contributed by atoms with E-state index in [0.717, 1.165) is 44.9 Å². The lowest BCUT2D eigenvalue weighted by Crippen LogP contribution is -2.45. The molecule has 6 nitrogen and oxygen atoms in total. The van der Waals surface area contributed by atoms with Gasteiger partial charge in [-0.25, -0.2) is 0 Å². The van der Waals surface area contributed by atoms with Crippen LogP contribution in [0.25, 0.3) is 0 Å². The van der Waals surface area contributed by atoms with E-state index in [-0.39, 0.29) is 18.5 Å². The molecule has 438 valence electrons. The third-order valence-corrected chi connectivity index (χ3v) is 15.7. The first-order valence-electron chi connectivity index (χ1n) is 33.6. The number of carbonyl (C=O) groups excluding carboxylic acids is 2. The lowest BCUT2D eigenvalue weighted by molar-refractivity contribution is -0.143. The van der Waals surface area contributed by atoms with Gasteiger partial charge in [-0.3, -0.25) is 9.59 Å². The highest BCUT2D eigenvalue weighted by Crippen LogP contribution is 2.18. The minimum Gasteiger partial charge on any atom is -0.466 e. The topological polar surface area (TPSA) is 95.9 Å². The molecule has 0 heterocycles. The summed E-state index contributed by atoms with van der Waals surface area (Å²) in [7, 11) is 0. The van der Waals surface area contributed by atoms with Crippen molar-refractivity contribution < 1.29 is 24.5 Å². The summed E-state index contributed by atoms with van der Waals surface area (Å²) >= 11 is 0. The normalized spacial score (nSPS) is 12.6. The van der Waals surface area contributed by atoms with Crippen molar-refractivity contribution in [2.75, 3.05) is 13.2 Å². The van der Waals surface area contributed by atoms with E-state index < -0.39 is 12.1 Å². The van der Waals surface area contributed by atoms with Gasteiger partial charge in [0.05, 0.1) is 25.4 Å². The number of aliphatic hydroxyl groups excluding tert-OH is 2. The van der Waals surface area contributed by atoms with Crippen LogP contribution in [0.15, 0.2) is 24.3 Å². The number of hydrogen-bond donors (Lipinski definition) is 3. The van der Waals surface area contributed by atoms with Gasteiger partial charge in [-0.2, -0.15) is 0 Å². The monoisotopic (exact) mass is 1040 g/mol. The number of amides is 1. The molecule has 0 rings (SSSR count). The molecule has 2 unspecified atom stereocenters. The molecule has 0 aliphatic rings. The fraction of sp³-hybridized carbons (Fsp3) is 0.912. The quantitative estimate of drug-likeness (QED) is 0.0320. The van der Waals surface area contributed by atoms with Crippen molar-refractivity contribution in [2.24, 2.45) is 0 Å². The highest BCUT2D eigenvalue weighted by Gasteiger charge is 2.20. The van der Waals surface area contributed by atoms with Gasteiger partial charge in [-0.05, 0) is 77.0 Å². The van der Waals surface area contributed by atoms with E-state index in [1.165, 1.54) is 295 Å². The molecule has 0 aromatic carbocycles. The molecular weight excluding hydrogens is 911 g/mol. The Kier molecular flexibility index (Phi) is 62.4. The molecule has 0 bridgehead atoms. The van der Waals surface area contributed by atoms with E-state index in [1.54, 1.807) is 0 Å². The van der Waals surface area contributed by atoms with Gasteiger partial charge in [0.1, 0.15) is 0 Å². The fourth-order valence-corrected chi connectivity index (χ4v) is 10.6. The molecule has 2 atom stereocenters. The molecule has 6 heteroatoms. The van der Waals surface area contributed by atoms with Crippen molar-refractivity contribution in [3.63, 3.8) is 0 Å². The fourth-order valence-electron chi connectivity index (χ4n) is 10.6. The van der Waals surface area contributed by atoms with Gasteiger partial charge in [0.25, 0.3) is 0 Å². The Labute approximate surface area is 462 Å². The smallest absolute Gasteiger partial charge is 0.305 e. The Hall–Kier alpha value is -1.66. The summed E-state index contributed by atoms with van der Waals surface area (Å²) in [6.07, 6.45) is 79.2. The molecule has 0 radical (unpaired) electrons. The maximum absolute atomic E-state index is 12.5. The van der Waals surface area contributed by atoms with Crippen molar-refractivity contribution in [2.45, 2.75) is 386 Å². The Morgan fingerprint density at radius 2 is 0.635 bits per heavy atom. The van der Waals surface area contributed by atoms with Crippen molar-refractivity contribution in [1.29, 1.82) is 0 Å². The summed E-state index contributed by atoms with van der Waals surface area (Å²) in [5, 5.41) is 23.3. The van der Waals surface area contributed by atoms with Gasteiger partial charge in [-0.1, -0.05) is 308 Å². The van der Waals surface area contributed by atoms with Crippen molar-refractivity contribution >= 4 is 11.9 Å². The predicted octanol–water partition coefficient (Wildman–Crippen LogP) is 21.4. The van der Waals surface area contributed by atoms with Crippen molar-refractivity contribution in [1.82, 2.24) is 5.32 Å². The van der Waals surface area contributed by atoms with E-state index in [9.17, 15) is 19.8 Å². The maximum atomic E-state index is 12.5. The number of carbonyl (C=O) groups is 2. The predicted molar refractivity (Wildman–Crippen MR) is 324 cm³/mol. The number of hydrogen-bond acceptors (Lipinski definition) is 5. The highest BCUT2D eigenvalue weighted by atomic mass is 16.5.